The highest BCUT2D eigenvalue weighted by atomic mass is 35.5. The number of nitrogens with zero attached hydrogens (tertiary/aromatic N) is 3. The van der Waals surface area contributed by atoms with E-state index in [1.165, 1.54) is 5.69 Å². The van der Waals surface area contributed by atoms with Gasteiger partial charge in [-0.05, 0) is 58.4 Å². The van der Waals surface area contributed by atoms with Gasteiger partial charge in [0.1, 0.15) is 6.10 Å². The molecule has 3 fully saturated rings. The molecule has 7 nitrogen and oxygen atoms in total. The number of likely N-dealkylation sites (tertiary alicyclic amines) is 1. The summed E-state index contributed by atoms with van der Waals surface area (Å²) in [5.41, 5.74) is 0.188. The Morgan fingerprint density at radius 2 is 1.88 bits per heavy atom. The van der Waals surface area contributed by atoms with E-state index in [1.54, 1.807) is 7.05 Å². The minimum Gasteiger partial charge on any atom is -0.462 e. The fraction of sp³-hybridized carbons (Fsp3) is 0.680. The van der Waals surface area contributed by atoms with Gasteiger partial charge in [-0.2, -0.15) is 0 Å². The molecule has 1 aromatic rings. The Hall–Kier alpha value is -1.83. The summed E-state index contributed by atoms with van der Waals surface area (Å²) < 4.78 is 5.83. The number of anilines is 1. The van der Waals surface area contributed by atoms with Crippen molar-refractivity contribution < 1.29 is 14.3 Å². The Labute approximate surface area is 202 Å². The van der Waals surface area contributed by atoms with Gasteiger partial charge in [0, 0.05) is 62.9 Å². The number of nitrogens with one attached hydrogen (secondary N) is 1. The first-order valence-electron chi connectivity index (χ1n) is 12.1. The summed E-state index contributed by atoms with van der Waals surface area (Å²) in [6.07, 6.45) is 3.05. The van der Waals surface area contributed by atoms with Crippen LogP contribution in [0.4, 0.5) is 5.69 Å². The predicted molar refractivity (Wildman–Crippen MR) is 131 cm³/mol. The van der Waals surface area contributed by atoms with E-state index >= 15 is 0 Å². The summed E-state index contributed by atoms with van der Waals surface area (Å²) in [6.45, 7) is 9.92. The van der Waals surface area contributed by atoms with Gasteiger partial charge in [-0.3, -0.25) is 14.5 Å². The number of benzene rings is 1. The summed E-state index contributed by atoms with van der Waals surface area (Å²) in [5.74, 6) is 0.0398. The topological polar surface area (TPSA) is 65.1 Å². The zero-order chi connectivity index (χ0) is 23.6. The number of ether oxygens (including phenoxy) is 1. The average Bonchev–Trinajstić information content (AvgIpc) is 3.12. The zero-order valence-corrected chi connectivity index (χ0v) is 20.9. The molecule has 3 heterocycles. The van der Waals surface area contributed by atoms with Crippen molar-refractivity contribution in [1.82, 2.24) is 15.1 Å². The molecule has 1 spiro atoms. The second-order valence-electron chi connectivity index (χ2n) is 10.3. The predicted octanol–water partition coefficient (Wildman–Crippen LogP) is 2.77. The molecule has 4 rings (SSSR count). The maximum absolute atomic E-state index is 12.8. The number of carbonyl (C=O) groups is 2. The molecule has 3 aliphatic rings. The van der Waals surface area contributed by atoms with Gasteiger partial charge in [0.2, 0.25) is 5.91 Å². The monoisotopic (exact) mass is 476 g/mol. The van der Waals surface area contributed by atoms with Crippen LogP contribution in [0.25, 0.3) is 0 Å². The average molecular weight is 477 g/mol. The Morgan fingerprint density at radius 3 is 2.52 bits per heavy atom. The van der Waals surface area contributed by atoms with Gasteiger partial charge < -0.3 is 19.9 Å². The van der Waals surface area contributed by atoms with Gasteiger partial charge in [-0.25, -0.2) is 0 Å². The summed E-state index contributed by atoms with van der Waals surface area (Å²) >= 11 is 6.14. The molecule has 0 radical (unpaired) electrons. The molecule has 0 bridgehead atoms. The lowest BCUT2D eigenvalue weighted by Gasteiger charge is -2.39. The van der Waals surface area contributed by atoms with Crippen LogP contribution in [0.5, 0.6) is 0 Å². The molecule has 0 unspecified atom stereocenters. The molecule has 182 valence electrons. The lowest BCUT2D eigenvalue weighted by atomic mass is 9.75. The smallest absolute Gasteiger partial charge is 0.312 e. The van der Waals surface area contributed by atoms with E-state index in [1.807, 2.05) is 36.9 Å². The van der Waals surface area contributed by atoms with Crippen LogP contribution in [-0.4, -0.2) is 86.2 Å². The van der Waals surface area contributed by atoms with Crippen LogP contribution < -0.4 is 10.2 Å². The molecule has 0 saturated carbocycles. The maximum Gasteiger partial charge on any atom is 0.312 e. The molecule has 3 aliphatic heterocycles. The second-order valence-corrected chi connectivity index (χ2v) is 10.7. The number of amides is 1. The van der Waals surface area contributed by atoms with Crippen LogP contribution in [0.2, 0.25) is 5.02 Å². The number of cyclic esters (lactones) is 1. The van der Waals surface area contributed by atoms with Crippen LogP contribution >= 0.6 is 11.6 Å². The van der Waals surface area contributed by atoms with E-state index < -0.39 is 11.0 Å². The summed E-state index contributed by atoms with van der Waals surface area (Å²) in [5, 5.41) is 3.85. The number of rotatable bonds is 6. The van der Waals surface area contributed by atoms with Crippen molar-refractivity contribution in [1.29, 1.82) is 0 Å². The molecule has 0 aromatic heterocycles. The van der Waals surface area contributed by atoms with Gasteiger partial charge >= 0.3 is 5.97 Å². The first kappa shape index (κ1) is 24.3. The minimum atomic E-state index is -0.583. The molecular formula is C25H37ClN4O3. The molecule has 1 N–H and O–H groups in total. The SMILES string of the molecule is CNC(C)(C)C(=O)N1CCC2(CC1)C[C@H](CCN1CCN(c3cccc(Cl)c3)CC1)OC2=O. The third-order valence-electron chi connectivity index (χ3n) is 7.81. The van der Waals surface area contributed by atoms with E-state index in [4.69, 9.17) is 16.3 Å². The van der Waals surface area contributed by atoms with Crippen molar-refractivity contribution in [2.75, 3.05) is 57.8 Å². The molecular weight excluding hydrogens is 440 g/mol. The van der Waals surface area contributed by atoms with Crippen LogP contribution in [-0.2, 0) is 14.3 Å². The summed E-state index contributed by atoms with van der Waals surface area (Å²) in [4.78, 5) is 32.3. The third-order valence-corrected chi connectivity index (χ3v) is 8.04. The van der Waals surface area contributed by atoms with Crippen LogP contribution in [0, 0.1) is 5.41 Å². The number of hydrogen-bond acceptors (Lipinski definition) is 6. The standard InChI is InChI=1S/C25H37ClN4O3/c1-24(2,27-3)22(31)30-11-8-25(9-12-30)18-21(33-23(25)32)7-10-28-13-15-29(16-14-28)20-6-4-5-19(26)17-20/h4-6,17,21,27H,7-16,18H2,1-3H3/t21-/m0/s1. The quantitative estimate of drug-likeness (QED) is 0.637. The van der Waals surface area contributed by atoms with Gasteiger partial charge in [0.05, 0.1) is 11.0 Å². The lowest BCUT2D eigenvalue weighted by Crippen LogP contribution is -2.56. The highest BCUT2D eigenvalue weighted by molar-refractivity contribution is 6.30. The van der Waals surface area contributed by atoms with Crippen molar-refractivity contribution in [2.24, 2.45) is 5.41 Å². The van der Waals surface area contributed by atoms with Crippen molar-refractivity contribution in [3.8, 4) is 0 Å². The molecule has 0 aliphatic carbocycles. The van der Waals surface area contributed by atoms with E-state index in [-0.39, 0.29) is 18.0 Å². The Bertz CT molecular complexity index is 861. The normalized spacial score (nSPS) is 23.8. The fourth-order valence-electron chi connectivity index (χ4n) is 5.28. The van der Waals surface area contributed by atoms with Gasteiger partial charge in [0.15, 0.2) is 0 Å². The number of hydrogen-bond donors (Lipinski definition) is 1. The van der Waals surface area contributed by atoms with Crippen molar-refractivity contribution >= 4 is 29.2 Å². The Balaban J connectivity index is 1.23. The maximum atomic E-state index is 12.8. The number of carbonyl (C=O) groups excluding carboxylic acids is 2. The van der Waals surface area contributed by atoms with E-state index in [0.29, 0.717) is 25.9 Å². The van der Waals surface area contributed by atoms with Crippen LogP contribution in [0.3, 0.4) is 0 Å². The fourth-order valence-corrected chi connectivity index (χ4v) is 5.46. The second kappa shape index (κ2) is 9.80. The molecule has 1 atom stereocenters. The summed E-state index contributed by atoms with van der Waals surface area (Å²) in [7, 11) is 1.80. The molecule has 1 aromatic carbocycles. The third kappa shape index (κ3) is 5.31. The van der Waals surface area contributed by atoms with Crippen molar-refractivity contribution in [3.05, 3.63) is 29.3 Å². The van der Waals surface area contributed by atoms with Gasteiger partial charge in [0.25, 0.3) is 0 Å². The first-order valence-corrected chi connectivity index (χ1v) is 12.5. The molecule has 1 amide bonds. The Morgan fingerprint density at radius 1 is 1.18 bits per heavy atom. The minimum absolute atomic E-state index is 0.0144. The van der Waals surface area contributed by atoms with E-state index in [0.717, 1.165) is 50.6 Å². The van der Waals surface area contributed by atoms with Gasteiger partial charge in [-0.15, -0.1) is 0 Å². The number of piperidine rings is 1. The first-order chi connectivity index (χ1) is 15.7. The number of esters is 1. The van der Waals surface area contributed by atoms with E-state index in [9.17, 15) is 9.59 Å². The van der Waals surface area contributed by atoms with Crippen LogP contribution in [0.1, 0.15) is 39.5 Å². The highest BCUT2D eigenvalue weighted by Gasteiger charge is 2.51. The lowest BCUT2D eigenvalue weighted by molar-refractivity contribution is -0.153. The molecule has 33 heavy (non-hydrogen) atoms. The zero-order valence-electron chi connectivity index (χ0n) is 20.1. The van der Waals surface area contributed by atoms with Crippen molar-refractivity contribution in [3.63, 3.8) is 0 Å². The summed E-state index contributed by atoms with van der Waals surface area (Å²) in [6, 6.07) is 8.03. The largest absolute Gasteiger partial charge is 0.462 e. The molecule has 3 saturated heterocycles. The van der Waals surface area contributed by atoms with Crippen molar-refractivity contribution in [2.45, 2.75) is 51.2 Å². The number of halogens is 1. The Kier molecular flexibility index (Phi) is 7.22. The highest BCUT2D eigenvalue weighted by Crippen LogP contribution is 2.44. The number of piperazine rings is 1. The number of likely N-dealkylation sites (N-methyl/N-ethyl adjacent to an activating group) is 1. The van der Waals surface area contributed by atoms with Crippen LogP contribution in [0.15, 0.2) is 24.3 Å². The van der Waals surface area contributed by atoms with E-state index in [2.05, 4.69) is 21.2 Å². The van der Waals surface area contributed by atoms with Gasteiger partial charge in [-0.1, -0.05) is 17.7 Å². The molecule has 8 heteroatoms.